The number of nitrogens with zero attached hydrogens (tertiary/aromatic N) is 5. The molecular weight excluding hydrogens is 394 g/mol. The molecule has 1 aliphatic carbocycles. The van der Waals surface area contributed by atoms with Crippen LogP contribution in [0.1, 0.15) is 63.3 Å². The zero-order chi connectivity index (χ0) is 21.8. The molecule has 0 N–H and O–H groups in total. The maximum Gasteiger partial charge on any atom is 0.410 e. The summed E-state index contributed by atoms with van der Waals surface area (Å²) in [7, 11) is 1.80. The molecule has 0 radical (unpaired) electrons. The molecule has 1 atom stereocenters. The van der Waals surface area contributed by atoms with Crippen molar-refractivity contribution in [3.05, 3.63) is 23.5 Å². The smallest absolute Gasteiger partial charge is 0.410 e. The first-order valence-corrected chi connectivity index (χ1v) is 11.5. The lowest BCUT2D eigenvalue weighted by atomic mass is 9.98. The second-order valence-electron chi connectivity index (χ2n) is 8.73. The molecule has 1 saturated heterocycles. The van der Waals surface area contributed by atoms with Gasteiger partial charge in [-0.15, -0.1) is 5.10 Å². The van der Waals surface area contributed by atoms with Crippen molar-refractivity contribution in [2.24, 2.45) is 13.0 Å². The highest BCUT2D eigenvalue weighted by molar-refractivity contribution is 5.68. The minimum absolute atomic E-state index is 0.117. The van der Waals surface area contributed by atoms with Gasteiger partial charge in [0.25, 0.3) is 0 Å². The minimum atomic E-state index is -0.275. The van der Waals surface area contributed by atoms with Gasteiger partial charge in [0, 0.05) is 20.1 Å². The zero-order valence-electron chi connectivity index (χ0n) is 18.8. The number of amides is 1. The van der Waals surface area contributed by atoms with E-state index in [1.54, 1.807) is 16.6 Å². The van der Waals surface area contributed by atoms with Crippen molar-refractivity contribution in [2.75, 3.05) is 13.1 Å². The van der Waals surface area contributed by atoms with Crippen molar-refractivity contribution < 1.29 is 14.3 Å². The number of ether oxygens (including phenoxy) is 2. The van der Waals surface area contributed by atoms with Crippen molar-refractivity contribution >= 4 is 6.09 Å². The molecule has 168 valence electrons. The molecule has 8 heteroatoms. The first-order valence-electron chi connectivity index (χ1n) is 11.5. The molecule has 2 aromatic heterocycles. The second-order valence-corrected chi connectivity index (χ2v) is 8.73. The number of aryl methyl sites for hydroxylation is 2. The molecule has 1 aliphatic heterocycles. The van der Waals surface area contributed by atoms with E-state index in [1.165, 1.54) is 19.3 Å². The third-order valence-electron chi connectivity index (χ3n) is 6.52. The fourth-order valence-electron chi connectivity index (χ4n) is 4.46. The molecule has 1 amide bonds. The third kappa shape index (κ3) is 4.99. The second kappa shape index (κ2) is 9.66. The highest BCUT2D eigenvalue weighted by Gasteiger charge is 2.27. The minimum Gasteiger partial charge on any atom is -0.489 e. The third-order valence-corrected chi connectivity index (χ3v) is 6.52. The standard InChI is InChI=1S/C23H33N5O3/c1-4-17-12-13-28(14-17)23(29)30-15-20-22(25-26-27(20)3)19-10-11-21(16(2)24-19)31-18-8-6-5-7-9-18/h10-11,17-18H,4-9,12-15H2,1-3H3. The highest BCUT2D eigenvalue weighted by atomic mass is 16.6. The Kier molecular flexibility index (Phi) is 6.73. The molecule has 0 bridgehead atoms. The number of pyridine rings is 1. The quantitative estimate of drug-likeness (QED) is 0.685. The van der Waals surface area contributed by atoms with Gasteiger partial charge in [-0.3, -0.25) is 0 Å². The molecule has 3 heterocycles. The molecular formula is C23H33N5O3. The number of aromatic nitrogens is 4. The lowest BCUT2D eigenvalue weighted by molar-refractivity contribution is 0.101. The van der Waals surface area contributed by atoms with Gasteiger partial charge in [0.1, 0.15) is 23.7 Å². The summed E-state index contributed by atoms with van der Waals surface area (Å²) in [5, 5.41) is 8.41. The molecule has 31 heavy (non-hydrogen) atoms. The van der Waals surface area contributed by atoms with Crippen LogP contribution in [-0.2, 0) is 18.4 Å². The summed E-state index contributed by atoms with van der Waals surface area (Å²) in [4.78, 5) is 19.0. The average Bonchev–Trinajstić information content (AvgIpc) is 3.41. The van der Waals surface area contributed by atoms with Gasteiger partial charge in [0.2, 0.25) is 0 Å². The maximum atomic E-state index is 12.5. The molecule has 1 saturated carbocycles. The normalized spacial score (nSPS) is 19.6. The van der Waals surface area contributed by atoms with Crippen molar-refractivity contribution in [1.29, 1.82) is 0 Å². The largest absolute Gasteiger partial charge is 0.489 e. The van der Waals surface area contributed by atoms with Crippen LogP contribution in [0, 0.1) is 12.8 Å². The van der Waals surface area contributed by atoms with Gasteiger partial charge < -0.3 is 14.4 Å². The van der Waals surface area contributed by atoms with E-state index in [2.05, 4.69) is 17.2 Å². The van der Waals surface area contributed by atoms with Crippen LogP contribution >= 0.6 is 0 Å². The van der Waals surface area contributed by atoms with Crippen molar-refractivity contribution in [3.8, 4) is 17.1 Å². The number of carbonyl (C=O) groups excluding carboxylic acids is 1. The lowest BCUT2D eigenvalue weighted by Crippen LogP contribution is -2.29. The van der Waals surface area contributed by atoms with Crippen LogP contribution in [0.2, 0.25) is 0 Å². The van der Waals surface area contributed by atoms with Crippen LogP contribution in [0.4, 0.5) is 4.79 Å². The van der Waals surface area contributed by atoms with Gasteiger partial charge in [-0.1, -0.05) is 25.0 Å². The fraction of sp³-hybridized carbons (Fsp3) is 0.652. The number of hydrogen-bond acceptors (Lipinski definition) is 6. The summed E-state index contributed by atoms with van der Waals surface area (Å²) in [6, 6.07) is 3.87. The molecule has 2 aromatic rings. The van der Waals surface area contributed by atoms with Crippen LogP contribution < -0.4 is 4.74 Å². The predicted octanol–water partition coefficient (Wildman–Crippen LogP) is 4.27. The number of rotatable bonds is 6. The SMILES string of the molecule is CCC1CCN(C(=O)OCc2c(-c3ccc(OC4CCCCC4)c(C)n3)nnn2C)C1. The van der Waals surface area contributed by atoms with E-state index in [0.29, 0.717) is 17.3 Å². The van der Waals surface area contributed by atoms with Crippen LogP contribution in [0.3, 0.4) is 0 Å². The van der Waals surface area contributed by atoms with Crippen LogP contribution in [0.5, 0.6) is 5.75 Å². The van der Waals surface area contributed by atoms with E-state index in [-0.39, 0.29) is 18.8 Å². The van der Waals surface area contributed by atoms with E-state index in [4.69, 9.17) is 14.5 Å². The molecule has 4 rings (SSSR count). The molecule has 1 unspecified atom stereocenters. The first-order chi connectivity index (χ1) is 15.0. The van der Waals surface area contributed by atoms with Crippen molar-refractivity contribution in [3.63, 3.8) is 0 Å². The van der Waals surface area contributed by atoms with Crippen molar-refractivity contribution in [1.82, 2.24) is 24.9 Å². The van der Waals surface area contributed by atoms with E-state index in [1.807, 2.05) is 19.1 Å². The Balaban J connectivity index is 1.43. The van der Waals surface area contributed by atoms with Crippen LogP contribution in [0.25, 0.3) is 11.4 Å². The first kappa shape index (κ1) is 21.6. The molecule has 0 aromatic carbocycles. The Morgan fingerprint density at radius 2 is 2.00 bits per heavy atom. The van der Waals surface area contributed by atoms with Gasteiger partial charge in [0.05, 0.1) is 17.5 Å². The van der Waals surface area contributed by atoms with Gasteiger partial charge >= 0.3 is 6.09 Å². The van der Waals surface area contributed by atoms with E-state index < -0.39 is 0 Å². The summed E-state index contributed by atoms with van der Waals surface area (Å²) in [6.45, 7) is 5.76. The van der Waals surface area contributed by atoms with E-state index >= 15 is 0 Å². The van der Waals surface area contributed by atoms with Crippen LogP contribution in [0.15, 0.2) is 12.1 Å². The summed E-state index contributed by atoms with van der Waals surface area (Å²) in [5.41, 5.74) is 2.90. The van der Waals surface area contributed by atoms with Crippen molar-refractivity contribution in [2.45, 2.75) is 71.5 Å². The highest BCUT2D eigenvalue weighted by Crippen LogP contribution is 2.28. The van der Waals surface area contributed by atoms with Gasteiger partial charge in [-0.2, -0.15) is 0 Å². The summed E-state index contributed by atoms with van der Waals surface area (Å²) >= 11 is 0. The zero-order valence-corrected chi connectivity index (χ0v) is 18.8. The number of likely N-dealkylation sites (tertiary alicyclic amines) is 1. The maximum absolute atomic E-state index is 12.5. The average molecular weight is 428 g/mol. The summed E-state index contributed by atoms with van der Waals surface area (Å²) < 4.78 is 13.4. The summed E-state index contributed by atoms with van der Waals surface area (Å²) in [6.07, 6.45) is 8.11. The number of hydrogen-bond donors (Lipinski definition) is 0. The fourth-order valence-corrected chi connectivity index (χ4v) is 4.46. The molecule has 2 fully saturated rings. The van der Waals surface area contributed by atoms with E-state index in [9.17, 15) is 4.79 Å². The lowest BCUT2D eigenvalue weighted by Gasteiger charge is -2.23. The van der Waals surface area contributed by atoms with Gasteiger partial charge in [-0.05, 0) is 57.1 Å². The molecule has 2 aliphatic rings. The monoisotopic (exact) mass is 427 g/mol. The van der Waals surface area contributed by atoms with Gasteiger partial charge in [0.15, 0.2) is 0 Å². The summed E-state index contributed by atoms with van der Waals surface area (Å²) in [5.74, 6) is 1.40. The Hall–Kier alpha value is -2.64. The molecule has 0 spiro atoms. The number of carbonyl (C=O) groups is 1. The Labute approximate surface area is 183 Å². The Bertz CT molecular complexity index is 907. The Morgan fingerprint density at radius 3 is 2.71 bits per heavy atom. The predicted molar refractivity (Wildman–Crippen MR) is 117 cm³/mol. The molecule has 8 nitrogen and oxygen atoms in total. The van der Waals surface area contributed by atoms with Crippen LogP contribution in [-0.4, -0.2) is 50.2 Å². The Morgan fingerprint density at radius 1 is 1.19 bits per heavy atom. The van der Waals surface area contributed by atoms with E-state index in [0.717, 1.165) is 55.9 Å². The van der Waals surface area contributed by atoms with Gasteiger partial charge in [-0.25, -0.2) is 14.5 Å². The topological polar surface area (TPSA) is 82.4 Å².